The molecule has 12 heavy (non-hydrogen) atoms. The second kappa shape index (κ2) is 3.68. The summed E-state index contributed by atoms with van der Waals surface area (Å²) >= 11 is 0. The molecule has 1 unspecified atom stereocenters. The highest BCUT2D eigenvalue weighted by molar-refractivity contribution is 4.86. The zero-order valence-electron chi connectivity index (χ0n) is 6.79. The molecule has 0 aliphatic carbocycles. The lowest BCUT2D eigenvalue weighted by Crippen LogP contribution is -2.54. The van der Waals surface area contributed by atoms with Crippen LogP contribution in [0, 0.1) is 5.92 Å². The highest BCUT2D eigenvalue weighted by Gasteiger charge is 2.40. The molecule has 0 spiro atoms. The van der Waals surface area contributed by atoms with Crippen molar-refractivity contribution in [2.24, 2.45) is 5.92 Å². The predicted octanol–water partition coefficient (Wildman–Crippen LogP) is -1.95. The van der Waals surface area contributed by atoms with Crippen LogP contribution in [0.3, 0.4) is 0 Å². The number of aliphatic hydroxyl groups excluding tert-OH is 4. The molecule has 1 aliphatic rings. The van der Waals surface area contributed by atoms with E-state index in [0.717, 1.165) is 0 Å². The summed E-state index contributed by atoms with van der Waals surface area (Å²) in [6, 6.07) is 0. The number of rotatable bonds is 1. The van der Waals surface area contributed by atoms with E-state index >= 15 is 0 Å². The van der Waals surface area contributed by atoms with Gasteiger partial charge in [-0.25, -0.2) is 0 Å². The van der Waals surface area contributed by atoms with Crippen LogP contribution in [0.25, 0.3) is 0 Å². The molecule has 5 heteroatoms. The van der Waals surface area contributed by atoms with E-state index in [1.165, 1.54) is 0 Å². The summed E-state index contributed by atoms with van der Waals surface area (Å²) < 4.78 is 4.83. The van der Waals surface area contributed by atoms with Gasteiger partial charge < -0.3 is 25.2 Å². The van der Waals surface area contributed by atoms with Crippen LogP contribution in [0.1, 0.15) is 6.92 Å². The molecule has 0 saturated carbocycles. The second-order valence-corrected chi connectivity index (χ2v) is 3.09. The summed E-state index contributed by atoms with van der Waals surface area (Å²) in [7, 11) is 0. The summed E-state index contributed by atoms with van der Waals surface area (Å²) in [4.78, 5) is 0. The lowest BCUT2D eigenvalue weighted by atomic mass is 9.93. The smallest absolute Gasteiger partial charge is 0.160 e. The Morgan fingerprint density at radius 2 is 1.75 bits per heavy atom. The summed E-state index contributed by atoms with van der Waals surface area (Å²) in [6.07, 6.45) is -4.20. The van der Waals surface area contributed by atoms with Gasteiger partial charge in [-0.1, -0.05) is 6.92 Å². The number of ether oxygens (including phenoxy) is 1. The molecule has 0 aromatic rings. The Kier molecular flexibility index (Phi) is 3.03. The van der Waals surface area contributed by atoms with Crippen molar-refractivity contribution in [1.82, 2.24) is 0 Å². The van der Waals surface area contributed by atoms with Crippen LogP contribution in [-0.2, 0) is 4.74 Å². The maximum Gasteiger partial charge on any atom is 0.160 e. The van der Waals surface area contributed by atoms with Gasteiger partial charge in [0.2, 0.25) is 0 Å². The van der Waals surface area contributed by atoms with Crippen molar-refractivity contribution in [2.75, 3.05) is 6.61 Å². The van der Waals surface area contributed by atoms with Crippen molar-refractivity contribution < 1.29 is 25.2 Å². The van der Waals surface area contributed by atoms with Crippen molar-refractivity contribution in [2.45, 2.75) is 31.5 Å². The fraction of sp³-hybridized carbons (Fsp3) is 1.00. The first-order valence-electron chi connectivity index (χ1n) is 3.88. The van der Waals surface area contributed by atoms with E-state index in [1.54, 1.807) is 6.92 Å². The van der Waals surface area contributed by atoms with E-state index in [-0.39, 0.29) is 0 Å². The molecule has 1 heterocycles. The minimum Gasteiger partial charge on any atom is -0.394 e. The van der Waals surface area contributed by atoms with Crippen molar-refractivity contribution in [3.05, 3.63) is 0 Å². The topological polar surface area (TPSA) is 90.2 Å². The zero-order chi connectivity index (χ0) is 9.30. The lowest BCUT2D eigenvalue weighted by molar-refractivity contribution is -0.266. The molecule has 5 nitrogen and oxygen atoms in total. The molecule has 0 amide bonds. The van der Waals surface area contributed by atoms with Crippen molar-refractivity contribution in [3.63, 3.8) is 0 Å². The highest BCUT2D eigenvalue weighted by Crippen LogP contribution is 2.23. The summed E-state index contributed by atoms with van der Waals surface area (Å²) in [5.74, 6) is -0.539. The quantitative estimate of drug-likeness (QED) is 0.375. The van der Waals surface area contributed by atoms with Crippen LogP contribution in [-0.4, -0.2) is 51.6 Å². The first-order chi connectivity index (χ1) is 5.57. The van der Waals surface area contributed by atoms with Gasteiger partial charge in [-0.2, -0.15) is 0 Å². The maximum atomic E-state index is 9.32. The minimum absolute atomic E-state index is 0.415. The molecule has 1 aliphatic heterocycles. The Balaban J connectivity index is 2.63. The third kappa shape index (κ3) is 1.60. The average Bonchev–Trinajstić information content (AvgIpc) is 2.08. The lowest BCUT2D eigenvalue weighted by Gasteiger charge is -2.38. The van der Waals surface area contributed by atoms with Gasteiger partial charge in [-0.3, -0.25) is 0 Å². The number of aliphatic hydroxyl groups is 4. The summed E-state index contributed by atoms with van der Waals surface area (Å²) in [5.41, 5.74) is 0. The fourth-order valence-corrected chi connectivity index (χ4v) is 1.23. The Morgan fingerprint density at radius 3 is 2.25 bits per heavy atom. The van der Waals surface area contributed by atoms with E-state index in [9.17, 15) is 10.2 Å². The Bertz CT molecular complexity index is 146. The molecular formula is C7H14O5. The van der Waals surface area contributed by atoms with Gasteiger partial charge in [0.15, 0.2) is 6.29 Å². The molecule has 1 rings (SSSR count). The molecule has 0 bridgehead atoms. The van der Waals surface area contributed by atoms with Gasteiger partial charge in [-0.15, -0.1) is 0 Å². The van der Waals surface area contributed by atoms with Gasteiger partial charge >= 0.3 is 0 Å². The van der Waals surface area contributed by atoms with E-state index in [4.69, 9.17) is 14.9 Å². The van der Waals surface area contributed by atoms with Gasteiger partial charge in [0, 0.05) is 5.92 Å². The Hall–Kier alpha value is -0.200. The first kappa shape index (κ1) is 9.88. The van der Waals surface area contributed by atoms with Gasteiger partial charge in [0.05, 0.1) is 12.7 Å². The van der Waals surface area contributed by atoms with Crippen LogP contribution in [0.4, 0.5) is 0 Å². The van der Waals surface area contributed by atoms with E-state index in [1.807, 2.05) is 0 Å². The fourth-order valence-electron chi connectivity index (χ4n) is 1.23. The van der Waals surface area contributed by atoms with Gasteiger partial charge in [-0.05, 0) is 0 Å². The molecule has 4 N–H and O–H groups in total. The molecule has 72 valence electrons. The Labute approximate surface area is 70.2 Å². The first-order valence-corrected chi connectivity index (χ1v) is 3.88. The molecular weight excluding hydrogens is 164 g/mol. The average molecular weight is 178 g/mol. The molecule has 1 fully saturated rings. The molecule has 0 radical (unpaired) electrons. The van der Waals surface area contributed by atoms with Crippen molar-refractivity contribution >= 4 is 0 Å². The second-order valence-electron chi connectivity index (χ2n) is 3.09. The molecule has 5 atom stereocenters. The van der Waals surface area contributed by atoms with Gasteiger partial charge in [0.25, 0.3) is 0 Å². The van der Waals surface area contributed by atoms with E-state index in [0.29, 0.717) is 0 Å². The molecule has 0 aromatic heterocycles. The van der Waals surface area contributed by atoms with Crippen LogP contribution in [0.2, 0.25) is 0 Å². The maximum absolute atomic E-state index is 9.32. The molecule has 0 aromatic carbocycles. The van der Waals surface area contributed by atoms with E-state index < -0.39 is 37.1 Å². The zero-order valence-corrected chi connectivity index (χ0v) is 6.79. The van der Waals surface area contributed by atoms with E-state index in [2.05, 4.69) is 0 Å². The normalized spacial score (nSPS) is 49.2. The third-order valence-corrected chi connectivity index (χ3v) is 2.21. The minimum atomic E-state index is -1.13. The van der Waals surface area contributed by atoms with Crippen LogP contribution >= 0.6 is 0 Å². The monoisotopic (exact) mass is 178 g/mol. The highest BCUT2D eigenvalue weighted by atomic mass is 16.6. The predicted molar refractivity (Wildman–Crippen MR) is 39.1 cm³/mol. The standard InChI is InChI=1S/C7H14O5/c1-3-5(9)6(10)4(2-8)12-7(3)11/h3-11H,2H2,1H3/t3-,4+,5+,6+,7?/m0/s1. The largest absolute Gasteiger partial charge is 0.394 e. The number of hydrogen-bond donors (Lipinski definition) is 4. The number of hydrogen-bond acceptors (Lipinski definition) is 5. The van der Waals surface area contributed by atoms with Crippen LogP contribution in [0.5, 0.6) is 0 Å². The summed E-state index contributed by atoms with van der Waals surface area (Å²) in [6.45, 7) is 1.15. The van der Waals surface area contributed by atoms with Crippen molar-refractivity contribution in [1.29, 1.82) is 0 Å². The summed E-state index contributed by atoms with van der Waals surface area (Å²) in [5, 5.41) is 36.4. The van der Waals surface area contributed by atoms with Gasteiger partial charge in [0.1, 0.15) is 12.2 Å². The van der Waals surface area contributed by atoms with Crippen molar-refractivity contribution in [3.8, 4) is 0 Å². The van der Waals surface area contributed by atoms with Crippen LogP contribution < -0.4 is 0 Å². The SMILES string of the molecule is C[C@@H]1C(O)O[C@H](CO)[C@@H](O)[C@@H]1O. The van der Waals surface area contributed by atoms with Crippen LogP contribution in [0.15, 0.2) is 0 Å². The Morgan fingerprint density at radius 1 is 1.17 bits per heavy atom. The third-order valence-electron chi connectivity index (χ3n) is 2.21. The molecule has 1 saturated heterocycles.